The summed E-state index contributed by atoms with van der Waals surface area (Å²) in [6.45, 7) is 2.08. The first-order valence-corrected chi connectivity index (χ1v) is 4.26. The van der Waals surface area contributed by atoms with E-state index in [-0.39, 0.29) is 0 Å². The molecule has 13 heavy (non-hydrogen) atoms. The summed E-state index contributed by atoms with van der Waals surface area (Å²) >= 11 is 0. The van der Waals surface area contributed by atoms with Gasteiger partial charge < -0.3 is 0 Å². The zero-order valence-electron chi connectivity index (χ0n) is 7.49. The Balaban J connectivity index is 2.54. The molecule has 0 unspecified atom stereocenters. The van der Waals surface area contributed by atoms with Crippen molar-refractivity contribution in [2.75, 3.05) is 0 Å². The van der Waals surface area contributed by atoms with Gasteiger partial charge in [-0.15, -0.1) is 0 Å². The number of benzene rings is 1. The number of rotatable bonds is 1. The lowest BCUT2D eigenvalue weighted by atomic mass is 10.1. The second-order valence-corrected chi connectivity index (χ2v) is 2.95. The Hall–Kier alpha value is -1.63. The van der Waals surface area contributed by atoms with Crippen LogP contribution in [0.15, 0.2) is 42.6 Å². The van der Waals surface area contributed by atoms with Crippen molar-refractivity contribution in [3.63, 3.8) is 0 Å². The molecule has 0 aliphatic rings. The van der Waals surface area contributed by atoms with Gasteiger partial charge in [0.25, 0.3) is 0 Å². The third kappa shape index (κ3) is 1.59. The van der Waals surface area contributed by atoms with Gasteiger partial charge in [0.2, 0.25) is 0 Å². The third-order valence-corrected chi connectivity index (χ3v) is 2.01. The molecule has 0 bridgehead atoms. The summed E-state index contributed by atoms with van der Waals surface area (Å²) < 4.78 is 0. The molecule has 0 N–H and O–H groups in total. The van der Waals surface area contributed by atoms with Crippen molar-refractivity contribution >= 4 is 0 Å². The monoisotopic (exact) mass is 168 g/mol. The quantitative estimate of drug-likeness (QED) is 0.638. The standard InChI is InChI=1S/C12H10N/c1-10-6-2-3-7-11(10)12-8-4-5-9-13-12/h2-7,9H,1H3. The summed E-state index contributed by atoms with van der Waals surface area (Å²) in [4.78, 5) is 4.25. The first kappa shape index (κ1) is 7.99. The number of hydrogen-bond acceptors (Lipinski definition) is 1. The van der Waals surface area contributed by atoms with Crippen LogP contribution in [0.2, 0.25) is 0 Å². The van der Waals surface area contributed by atoms with Gasteiger partial charge >= 0.3 is 0 Å². The highest BCUT2D eigenvalue weighted by atomic mass is 14.7. The molecule has 1 nitrogen and oxygen atoms in total. The van der Waals surface area contributed by atoms with E-state index in [1.165, 1.54) is 5.56 Å². The van der Waals surface area contributed by atoms with E-state index in [1.807, 2.05) is 24.3 Å². The van der Waals surface area contributed by atoms with Crippen LogP contribution in [0, 0.1) is 13.0 Å². The Bertz CT molecular complexity index is 393. The number of nitrogens with zero attached hydrogens (tertiary/aromatic N) is 1. The predicted octanol–water partition coefficient (Wildman–Crippen LogP) is 2.86. The van der Waals surface area contributed by atoms with Crippen molar-refractivity contribution in [1.82, 2.24) is 4.98 Å². The van der Waals surface area contributed by atoms with Crippen LogP contribution in [0.25, 0.3) is 11.3 Å². The van der Waals surface area contributed by atoms with Gasteiger partial charge in [0.1, 0.15) is 0 Å². The molecule has 0 amide bonds. The average molecular weight is 168 g/mol. The normalized spacial score (nSPS) is 9.92. The Morgan fingerprint density at radius 3 is 2.69 bits per heavy atom. The van der Waals surface area contributed by atoms with Gasteiger partial charge in [0, 0.05) is 17.8 Å². The topological polar surface area (TPSA) is 12.9 Å². The van der Waals surface area contributed by atoms with E-state index in [1.54, 1.807) is 6.20 Å². The second-order valence-electron chi connectivity index (χ2n) is 2.95. The van der Waals surface area contributed by atoms with E-state index in [0.717, 1.165) is 11.3 Å². The zero-order valence-corrected chi connectivity index (χ0v) is 7.49. The summed E-state index contributed by atoms with van der Waals surface area (Å²) in [7, 11) is 0. The minimum Gasteiger partial charge on any atom is -0.256 e. The minimum atomic E-state index is 0.917. The van der Waals surface area contributed by atoms with Crippen LogP contribution in [0.5, 0.6) is 0 Å². The minimum absolute atomic E-state index is 0.917. The molecule has 0 atom stereocenters. The Kier molecular flexibility index (Phi) is 2.09. The molecular weight excluding hydrogens is 158 g/mol. The van der Waals surface area contributed by atoms with Crippen LogP contribution in [0.3, 0.4) is 0 Å². The number of pyridine rings is 1. The average Bonchev–Trinajstić information content (AvgIpc) is 2.20. The van der Waals surface area contributed by atoms with Gasteiger partial charge in [-0.25, -0.2) is 0 Å². The Morgan fingerprint density at radius 1 is 1.15 bits per heavy atom. The summed E-state index contributed by atoms with van der Waals surface area (Å²) in [5.41, 5.74) is 3.31. The van der Waals surface area contributed by atoms with Gasteiger partial charge in [0.15, 0.2) is 0 Å². The Labute approximate surface area is 78.1 Å². The Morgan fingerprint density at radius 2 is 2.00 bits per heavy atom. The maximum absolute atomic E-state index is 4.25. The number of aromatic nitrogens is 1. The van der Waals surface area contributed by atoms with Crippen LogP contribution in [-0.2, 0) is 0 Å². The van der Waals surface area contributed by atoms with Gasteiger partial charge in [-0.1, -0.05) is 30.3 Å². The van der Waals surface area contributed by atoms with Gasteiger partial charge in [-0.05, 0) is 18.6 Å². The van der Waals surface area contributed by atoms with Crippen molar-refractivity contribution in [2.24, 2.45) is 0 Å². The van der Waals surface area contributed by atoms with Gasteiger partial charge in [-0.2, -0.15) is 0 Å². The van der Waals surface area contributed by atoms with Crippen LogP contribution < -0.4 is 0 Å². The first-order chi connectivity index (χ1) is 6.38. The lowest BCUT2D eigenvalue weighted by molar-refractivity contribution is 1.30. The summed E-state index contributed by atoms with van der Waals surface area (Å²) in [5, 5.41) is 0. The molecule has 0 aliphatic carbocycles. The van der Waals surface area contributed by atoms with Gasteiger partial charge in [0.05, 0.1) is 5.69 Å². The highest BCUT2D eigenvalue weighted by Gasteiger charge is 1.99. The molecule has 1 heteroatoms. The molecule has 0 spiro atoms. The van der Waals surface area contributed by atoms with Gasteiger partial charge in [-0.3, -0.25) is 4.98 Å². The van der Waals surface area contributed by atoms with Crippen molar-refractivity contribution in [1.29, 1.82) is 0 Å². The zero-order chi connectivity index (χ0) is 9.10. The second kappa shape index (κ2) is 3.40. The van der Waals surface area contributed by atoms with Crippen LogP contribution in [0.4, 0.5) is 0 Å². The predicted molar refractivity (Wildman–Crippen MR) is 53.2 cm³/mol. The fourth-order valence-electron chi connectivity index (χ4n) is 1.31. The molecule has 2 rings (SSSR count). The summed E-state index contributed by atoms with van der Waals surface area (Å²) in [6.07, 6.45) is 1.79. The maximum Gasteiger partial charge on any atom is 0.0783 e. The van der Waals surface area contributed by atoms with Crippen molar-refractivity contribution in [3.05, 3.63) is 54.2 Å². The number of hydrogen-bond donors (Lipinski definition) is 0. The molecular formula is C12H10N. The maximum atomic E-state index is 4.25. The SMILES string of the molecule is Cc1ccccc1-c1[c]cccn1. The molecule has 63 valence electrons. The van der Waals surface area contributed by atoms with E-state index in [9.17, 15) is 0 Å². The lowest BCUT2D eigenvalue weighted by Crippen LogP contribution is -1.85. The molecule has 0 fully saturated rings. The van der Waals surface area contributed by atoms with E-state index in [2.05, 4.69) is 30.1 Å². The first-order valence-electron chi connectivity index (χ1n) is 4.26. The van der Waals surface area contributed by atoms with Crippen molar-refractivity contribution in [3.8, 4) is 11.3 Å². The highest BCUT2D eigenvalue weighted by Crippen LogP contribution is 2.19. The summed E-state index contributed by atoms with van der Waals surface area (Å²) in [6, 6.07) is 15.1. The van der Waals surface area contributed by atoms with E-state index in [4.69, 9.17) is 0 Å². The van der Waals surface area contributed by atoms with E-state index < -0.39 is 0 Å². The van der Waals surface area contributed by atoms with Crippen LogP contribution in [0.1, 0.15) is 5.56 Å². The van der Waals surface area contributed by atoms with Crippen molar-refractivity contribution in [2.45, 2.75) is 6.92 Å². The molecule has 0 saturated heterocycles. The molecule has 2 aromatic rings. The van der Waals surface area contributed by atoms with Crippen molar-refractivity contribution < 1.29 is 0 Å². The third-order valence-electron chi connectivity index (χ3n) is 2.01. The van der Waals surface area contributed by atoms with Crippen LogP contribution >= 0.6 is 0 Å². The van der Waals surface area contributed by atoms with E-state index in [0.29, 0.717) is 0 Å². The number of aryl methyl sites for hydroxylation is 1. The van der Waals surface area contributed by atoms with E-state index >= 15 is 0 Å². The molecule has 1 radical (unpaired) electrons. The summed E-state index contributed by atoms with van der Waals surface area (Å²) in [5.74, 6) is 0. The largest absolute Gasteiger partial charge is 0.256 e. The highest BCUT2D eigenvalue weighted by molar-refractivity contribution is 5.62. The molecule has 1 aromatic carbocycles. The molecule has 0 saturated carbocycles. The molecule has 1 aromatic heterocycles. The molecule has 0 aliphatic heterocycles. The lowest BCUT2D eigenvalue weighted by Gasteiger charge is -2.02. The fraction of sp³-hybridized carbons (Fsp3) is 0.0833. The molecule has 1 heterocycles. The van der Waals surface area contributed by atoms with Crippen LogP contribution in [-0.4, -0.2) is 4.98 Å². The fourth-order valence-corrected chi connectivity index (χ4v) is 1.31. The smallest absolute Gasteiger partial charge is 0.0783 e.